The number of benzene rings is 3. The van der Waals surface area contributed by atoms with Gasteiger partial charge in [0.1, 0.15) is 0 Å². The molecule has 3 aliphatic carbocycles. The van der Waals surface area contributed by atoms with Crippen molar-refractivity contribution in [2.24, 2.45) is 4.99 Å². The van der Waals surface area contributed by atoms with E-state index >= 15 is 0 Å². The van der Waals surface area contributed by atoms with Crippen molar-refractivity contribution in [2.75, 3.05) is 0 Å². The third-order valence-electron chi connectivity index (χ3n) is 11.3. The molecule has 3 atom stereocenters. The largest absolute Gasteiger partial charge is 0.276 e. The molecule has 4 nitrogen and oxygen atoms in total. The Bertz CT molecular complexity index is 2770. The van der Waals surface area contributed by atoms with E-state index in [0.717, 1.165) is 59.0 Å². The Hall–Kier alpha value is -6.04. The van der Waals surface area contributed by atoms with Crippen molar-refractivity contribution < 1.29 is 0 Å². The lowest BCUT2D eigenvalue weighted by atomic mass is 9.78. The summed E-state index contributed by atoms with van der Waals surface area (Å²) in [6, 6.07) is 36.9. The standard InChI is InChI=1S/C48H34N4S/c1-2-9-29(10-3-1)39-24-19-30-17-18-31-20-26-42(52-47(31)46(30)50-39)41-25-21-34(28-49-41)32-11-8-12-33(27-32)45-38-23-22-36-35-13-5-7-16-43(35)53-48(36)44(38)37-14-4-6-15-40(37)51-45/h1-10,12-16,19-28,32,37,40H,11,17-18H2. The first-order valence-corrected chi connectivity index (χ1v) is 19.3. The molecule has 252 valence electrons. The lowest BCUT2D eigenvalue weighted by Crippen LogP contribution is -2.26. The minimum atomic E-state index is 0.0881. The molecule has 0 amide bonds. The summed E-state index contributed by atoms with van der Waals surface area (Å²) in [5.74, 6) is 0.447. The van der Waals surface area contributed by atoms with Gasteiger partial charge in [-0.1, -0.05) is 121 Å². The van der Waals surface area contributed by atoms with Crippen LogP contribution in [0.5, 0.6) is 0 Å². The van der Waals surface area contributed by atoms with E-state index in [4.69, 9.17) is 19.9 Å². The fraction of sp³-hybridized carbons (Fsp3) is 0.125. The minimum Gasteiger partial charge on any atom is -0.276 e. The number of hydrogen-bond donors (Lipinski definition) is 0. The summed E-state index contributed by atoms with van der Waals surface area (Å²) in [6.07, 6.45) is 20.8. The molecule has 4 aromatic heterocycles. The maximum Gasteiger partial charge on any atom is 0.0929 e. The van der Waals surface area contributed by atoms with Gasteiger partial charge in [-0.05, 0) is 71.4 Å². The van der Waals surface area contributed by atoms with Gasteiger partial charge in [0.15, 0.2) is 0 Å². The van der Waals surface area contributed by atoms with Gasteiger partial charge in [0.25, 0.3) is 0 Å². The maximum absolute atomic E-state index is 5.42. The molecule has 5 heteroatoms. The van der Waals surface area contributed by atoms with Gasteiger partial charge in [0, 0.05) is 49.3 Å². The zero-order chi connectivity index (χ0) is 34.9. The van der Waals surface area contributed by atoms with Crippen molar-refractivity contribution in [3.63, 3.8) is 0 Å². The van der Waals surface area contributed by atoms with E-state index in [0.29, 0.717) is 0 Å². The summed E-state index contributed by atoms with van der Waals surface area (Å²) in [6.45, 7) is 0. The van der Waals surface area contributed by atoms with Gasteiger partial charge in [-0.15, -0.1) is 11.3 Å². The molecule has 11 rings (SSSR count). The summed E-state index contributed by atoms with van der Waals surface area (Å²) in [5, 5.41) is 2.68. The van der Waals surface area contributed by atoms with Crippen LogP contribution in [0.15, 0.2) is 162 Å². The van der Waals surface area contributed by atoms with Crippen LogP contribution in [0.25, 0.3) is 54.2 Å². The zero-order valence-electron chi connectivity index (χ0n) is 29.0. The van der Waals surface area contributed by atoms with Crippen molar-refractivity contribution in [3.05, 3.63) is 185 Å². The number of fused-ring (bicyclic) bond motifs is 10. The molecule has 0 saturated carbocycles. The van der Waals surface area contributed by atoms with Crippen LogP contribution in [-0.4, -0.2) is 26.7 Å². The van der Waals surface area contributed by atoms with Gasteiger partial charge in [-0.25, -0.2) is 9.97 Å². The summed E-state index contributed by atoms with van der Waals surface area (Å²) in [7, 11) is 0. The normalized spacial score (nSPS) is 19.7. The van der Waals surface area contributed by atoms with Crippen molar-refractivity contribution in [2.45, 2.75) is 37.1 Å². The van der Waals surface area contributed by atoms with E-state index in [2.05, 4.69) is 140 Å². The first-order chi connectivity index (χ1) is 26.2. The molecular weight excluding hydrogens is 665 g/mol. The maximum atomic E-state index is 5.42. The van der Waals surface area contributed by atoms with Crippen LogP contribution in [-0.2, 0) is 12.8 Å². The van der Waals surface area contributed by atoms with Crippen molar-refractivity contribution in [1.29, 1.82) is 0 Å². The second-order valence-electron chi connectivity index (χ2n) is 14.4. The van der Waals surface area contributed by atoms with Gasteiger partial charge >= 0.3 is 0 Å². The Labute approximate surface area is 312 Å². The molecule has 3 aromatic carbocycles. The monoisotopic (exact) mass is 698 g/mol. The van der Waals surface area contributed by atoms with Crippen LogP contribution in [0, 0.1) is 0 Å². The van der Waals surface area contributed by atoms with E-state index in [1.165, 1.54) is 53.6 Å². The second-order valence-corrected chi connectivity index (χ2v) is 15.4. The lowest BCUT2D eigenvalue weighted by Gasteiger charge is -2.31. The average Bonchev–Trinajstić information content (AvgIpc) is 3.62. The van der Waals surface area contributed by atoms with Gasteiger partial charge in [0.05, 0.1) is 40.2 Å². The molecule has 1 aliphatic heterocycles. The van der Waals surface area contributed by atoms with Crippen LogP contribution in [0.4, 0.5) is 0 Å². The lowest BCUT2D eigenvalue weighted by molar-refractivity contribution is 0.708. The van der Waals surface area contributed by atoms with Gasteiger partial charge in [0.2, 0.25) is 0 Å². The third kappa shape index (κ3) is 5.10. The predicted molar refractivity (Wildman–Crippen MR) is 219 cm³/mol. The molecule has 0 spiro atoms. The number of aryl methyl sites for hydroxylation is 2. The summed E-state index contributed by atoms with van der Waals surface area (Å²) in [4.78, 5) is 20.7. The van der Waals surface area contributed by atoms with E-state index in [-0.39, 0.29) is 17.9 Å². The Morgan fingerprint density at radius 2 is 1.43 bits per heavy atom. The number of nitrogens with zero attached hydrogens (tertiary/aromatic N) is 4. The number of aromatic nitrogens is 3. The molecule has 0 saturated heterocycles. The Balaban J connectivity index is 0.924. The first kappa shape index (κ1) is 30.6. The highest BCUT2D eigenvalue weighted by atomic mass is 32.1. The molecule has 53 heavy (non-hydrogen) atoms. The number of hydrogen-bond acceptors (Lipinski definition) is 5. The minimum absolute atomic E-state index is 0.0881. The highest BCUT2D eigenvalue weighted by molar-refractivity contribution is 7.26. The topological polar surface area (TPSA) is 51.0 Å². The predicted octanol–water partition coefficient (Wildman–Crippen LogP) is 11.4. The smallest absolute Gasteiger partial charge is 0.0929 e. The van der Waals surface area contributed by atoms with Crippen LogP contribution < -0.4 is 0 Å². The zero-order valence-corrected chi connectivity index (χ0v) is 29.8. The number of pyridine rings is 3. The number of rotatable bonds is 4. The van der Waals surface area contributed by atoms with Crippen molar-refractivity contribution in [1.82, 2.24) is 15.0 Å². The van der Waals surface area contributed by atoms with Gasteiger partial charge in [-0.3, -0.25) is 9.98 Å². The van der Waals surface area contributed by atoms with E-state index in [1.807, 2.05) is 23.6 Å². The fourth-order valence-corrected chi connectivity index (χ4v) is 9.90. The first-order valence-electron chi connectivity index (χ1n) is 18.5. The van der Waals surface area contributed by atoms with Crippen LogP contribution in [0.3, 0.4) is 0 Å². The number of aliphatic imine (C=N–C) groups is 1. The number of allylic oxidation sites excluding steroid dienone is 6. The van der Waals surface area contributed by atoms with Crippen molar-refractivity contribution in [3.8, 4) is 34.0 Å². The van der Waals surface area contributed by atoms with E-state index < -0.39 is 0 Å². The van der Waals surface area contributed by atoms with E-state index in [9.17, 15) is 0 Å². The number of thiophene rings is 1. The summed E-state index contributed by atoms with van der Waals surface area (Å²) in [5.41, 5.74) is 14.4. The molecule has 0 bridgehead atoms. The van der Waals surface area contributed by atoms with Crippen molar-refractivity contribution >= 4 is 37.2 Å². The Morgan fingerprint density at radius 3 is 2.28 bits per heavy atom. The Morgan fingerprint density at radius 1 is 0.660 bits per heavy atom. The molecule has 3 unspecified atom stereocenters. The molecule has 0 fully saturated rings. The molecule has 0 radical (unpaired) electrons. The van der Waals surface area contributed by atoms with Crippen LogP contribution in [0.1, 0.15) is 46.1 Å². The quantitative estimate of drug-likeness (QED) is 0.184. The van der Waals surface area contributed by atoms with Crippen LogP contribution in [0.2, 0.25) is 0 Å². The van der Waals surface area contributed by atoms with Gasteiger partial charge < -0.3 is 0 Å². The van der Waals surface area contributed by atoms with E-state index in [1.54, 1.807) is 0 Å². The molecule has 7 aromatic rings. The fourth-order valence-electron chi connectivity index (χ4n) is 8.60. The highest BCUT2D eigenvalue weighted by Crippen LogP contribution is 2.46. The summed E-state index contributed by atoms with van der Waals surface area (Å²) < 4.78 is 2.72. The third-order valence-corrected chi connectivity index (χ3v) is 12.5. The molecule has 0 N–H and O–H groups in total. The van der Waals surface area contributed by atoms with Crippen LogP contribution >= 0.6 is 11.3 Å². The molecule has 4 aliphatic rings. The molecular formula is C48H34N4S. The molecule has 5 heterocycles. The highest BCUT2D eigenvalue weighted by Gasteiger charge is 2.33. The Kier molecular flexibility index (Phi) is 7.09. The second kappa shape index (κ2) is 12.3. The SMILES string of the molecule is C1=CC2N=C(C3=CC(c4ccc(-c5ccc6c(n5)-c5nc(-c7ccccc7)ccc5CC6)nc4)CC=C3)c3ccc4c(sc5ccccc54)c3C2C=C1. The average molecular weight is 699 g/mol. The van der Waals surface area contributed by atoms with Gasteiger partial charge in [-0.2, -0.15) is 0 Å². The summed E-state index contributed by atoms with van der Waals surface area (Å²) >= 11 is 1.91.